The molecule has 2 aromatic heterocycles. The Morgan fingerprint density at radius 1 is 1.52 bits per heavy atom. The number of aromatic nitrogens is 4. The largest absolute Gasteiger partial charge is 0.472 e. The van der Waals surface area contributed by atoms with Gasteiger partial charge in [-0.25, -0.2) is 4.98 Å². The van der Waals surface area contributed by atoms with E-state index in [2.05, 4.69) is 20.4 Å². The van der Waals surface area contributed by atoms with E-state index >= 15 is 0 Å². The molecule has 1 saturated heterocycles. The van der Waals surface area contributed by atoms with Crippen molar-refractivity contribution in [1.29, 1.82) is 5.26 Å². The van der Waals surface area contributed by atoms with Gasteiger partial charge in [-0.2, -0.15) is 10.2 Å². The SMILES string of the molecule is Cc1c([N+](=O)[O-])c(OCCCNc2nc(Cl)ncc2C#N)nn1C1CCOCC1. The number of rotatable bonds is 8. The number of nitrogens with zero attached hydrogens (tertiary/aromatic N) is 6. The summed E-state index contributed by atoms with van der Waals surface area (Å²) in [6.45, 7) is 3.53. The van der Waals surface area contributed by atoms with Gasteiger partial charge in [0.1, 0.15) is 23.1 Å². The summed E-state index contributed by atoms with van der Waals surface area (Å²) in [5.74, 6) is 0.347. The molecule has 11 nitrogen and oxygen atoms in total. The van der Waals surface area contributed by atoms with Crippen LogP contribution in [0.15, 0.2) is 6.20 Å². The average molecular weight is 422 g/mol. The lowest BCUT2D eigenvalue weighted by atomic mass is 10.1. The first-order valence-electron chi connectivity index (χ1n) is 9.11. The predicted octanol–water partition coefficient (Wildman–Crippen LogP) is 2.65. The Morgan fingerprint density at radius 3 is 2.97 bits per heavy atom. The number of hydrogen-bond acceptors (Lipinski definition) is 9. The highest BCUT2D eigenvalue weighted by Gasteiger charge is 2.30. The van der Waals surface area contributed by atoms with E-state index in [0.717, 1.165) is 12.8 Å². The fraction of sp³-hybridized carbons (Fsp3) is 0.529. The summed E-state index contributed by atoms with van der Waals surface area (Å²) in [6, 6.07) is 2.04. The van der Waals surface area contributed by atoms with Gasteiger partial charge >= 0.3 is 11.6 Å². The lowest BCUT2D eigenvalue weighted by Gasteiger charge is -2.22. The molecule has 1 aliphatic rings. The van der Waals surface area contributed by atoms with Crippen LogP contribution in [0.3, 0.4) is 0 Å². The van der Waals surface area contributed by atoms with Crippen LogP contribution in [0.2, 0.25) is 5.28 Å². The highest BCUT2D eigenvalue weighted by molar-refractivity contribution is 6.28. The van der Waals surface area contributed by atoms with Gasteiger partial charge in [-0.1, -0.05) is 0 Å². The molecule has 1 N–H and O–H groups in total. The molecule has 0 bridgehead atoms. The van der Waals surface area contributed by atoms with Crippen LogP contribution in [0.5, 0.6) is 5.88 Å². The van der Waals surface area contributed by atoms with E-state index in [1.165, 1.54) is 6.20 Å². The standard InChI is InChI=1S/C17H20ClN7O4/c1-11-14(25(26)27)16(23-24(11)13-3-7-28-8-4-13)29-6-2-5-20-15-12(9-19)10-21-17(18)22-15/h10,13H,2-8H2,1H3,(H,20,21,22). The maximum atomic E-state index is 11.5. The van der Waals surface area contributed by atoms with E-state index < -0.39 is 4.92 Å². The minimum atomic E-state index is -0.464. The molecule has 3 heterocycles. The first-order valence-corrected chi connectivity index (χ1v) is 9.49. The Hall–Kier alpha value is -2.97. The maximum absolute atomic E-state index is 11.5. The van der Waals surface area contributed by atoms with Crippen molar-refractivity contribution in [1.82, 2.24) is 19.7 Å². The van der Waals surface area contributed by atoms with Crippen molar-refractivity contribution in [3.63, 3.8) is 0 Å². The second-order valence-electron chi connectivity index (χ2n) is 6.43. The summed E-state index contributed by atoms with van der Waals surface area (Å²) in [5.41, 5.74) is 0.639. The van der Waals surface area contributed by atoms with Gasteiger partial charge in [-0.15, -0.1) is 5.10 Å². The van der Waals surface area contributed by atoms with Gasteiger partial charge in [-0.05, 0) is 37.8 Å². The minimum Gasteiger partial charge on any atom is -0.472 e. The molecular weight excluding hydrogens is 402 g/mol. The zero-order valence-electron chi connectivity index (χ0n) is 15.8. The highest BCUT2D eigenvalue weighted by Crippen LogP contribution is 2.34. The van der Waals surface area contributed by atoms with Gasteiger partial charge in [0.05, 0.1) is 23.8 Å². The van der Waals surface area contributed by atoms with Crippen molar-refractivity contribution >= 4 is 23.1 Å². The number of hydrogen-bond donors (Lipinski definition) is 1. The summed E-state index contributed by atoms with van der Waals surface area (Å²) in [6.07, 6.45) is 3.35. The van der Waals surface area contributed by atoms with E-state index in [4.69, 9.17) is 26.3 Å². The van der Waals surface area contributed by atoms with Gasteiger partial charge < -0.3 is 14.8 Å². The van der Waals surface area contributed by atoms with Crippen molar-refractivity contribution in [2.45, 2.75) is 32.2 Å². The van der Waals surface area contributed by atoms with Gasteiger partial charge in [-0.3, -0.25) is 14.8 Å². The maximum Gasteiger partial charge on any atom is 0.352 e. The molecule has 29 heavy (non-hydrogen) atoms. The Bertz CT molecular complexity index is 921. The number of nitriles is 1. The van der Waals surface area contributed by atoms with Crippen LogP contribution in [-0.4, -0.2) is 51.0 Å². The molecule has 0 saturated carbocycles. The zero-order valence-corrected chi connectivity index (χ0v) is 16.6. The van der Waals surface area contributed by atoms with Crippen LogP contribution >= 0.6 is 11.6 Å². The van der Waals surface area contributed by atoms with Crippen LogP contribution in [-0.2, 0) is 4.74 Å². The number of nitro groups is 1. The fourth-order valence-corrected chi connectivity index (χ4v) is 3.23. The molecule has 2 aromatic rings. The first kappa shape index (κ1) is 20.8. The van der Waals surface area contributed by atoms with E-state index in [0.29, 0.717) is 37.7 Å². The van der Waals surface area contributed by atoms with Crippen LogP contribution in [0, 0.1) is 28.4 Å². The molecule has 154 valence electrons. The average Bonchev–Trinajstić information content (AvgIpc) is 3.05. The second-order valence-corrected chi connectivity index (χ2v) is 6.76. The summed E-state index contributed by atoms with van der Waals surface area (Å²) >= 11 is 5.74. The van der Waals surface area contributed by atoms with E-state index in [1.807, 2.05) is 6.07 Å². The molecule has 1 fully saturated rings. The molecule has 12 heteroatoms. The van der Waals surface area contributed by atoms with Crippen molar-refractivity contribution in [2.24, 2.45) is 0 Å². The summed E-state index contributed by atoms with van der Waals surface area (Å²) in [4.78, 5) is 18.8. The van der Waals surface area contributed by atoms with Gasteiger partial charge in [0.15, 0.2) is 0 Å². The monoisotopic (exact) mass is 421 g/mol. The number of halogens is 1. The van der Waals surface area contributed by atoms with Crippen LogP contribution in [0.25, 0.3) is 0 Å². The second kappa shape index (κ2) is 9.49. The van der Waals surface area contributed by atoms with Gasteiger partial charge in [0, 0.05) is 19.8 Å². The Labute approximate surface area is 171 Å². The molecular formula is C17H20ClN7O4. The lowest BCUT2D eigenvalue weighted by molar-refractivity contribution is -0.386. The molecule has 3 rings (SSSR count). The van der Waals surface area contributed by atoms with Crippen molar-refractivity contribution in [2.75, 3.05) is 31.7 Å². The Kier molecular flexibility index (Phi) is 6.79. The number of nitrogens with one attached hydrogen (secondary N) is 1. The topological polar surface area (TPSA) is 141 Å². The van der Waals surface area contributed by atoms with E-state index in [1.54, 1.807) is 11.6 Å². The van der Waals surface area contributed by atoms with E-state index in [-0.39, 0.29) is 35.1 Å². The normalized spacial score (nSPS) is 14.4. The third kappa shape index (κ3) is 4.90. The molecule has 1 aliphatic heterocycles. The number of anilines is 1. The van der Waals surface area contributed by atoms with Crippen LogP contribution in [0.1, 0.15) is 36.6 Å². The first-order chi connectivity index (χ1) is 14.0. The lowest BCUT2D eigenvalue weighted by Crippen LogP contribution is -2.21. The van der Waals surface area contributed by atoms with Crippen molar-refractivity contribution < 1.29 is 14.4 Å². The minimum absolute atomic E-state index is 0.0155. The van der Waals surface area contributed by atoms with Gasteiger partial charge in [0.2, 0.25) is 5.28 Å². The smallest absolute Gasteiger partial charge is 0.352 e. The molecule has 0 amide bonds. The van der Waals surface area contributed by atoms with Crippen LogP contribution < -0.4 is 10.1 Å². The quantitative estimate of drug-likeness (QED) is 0.294. The molecule has 0 radical (unpaired) electrons. The molecule has 0 spiro atoms. The predicted molar refractivity (Wildman–Crippen MR) is 103 cm³/mol. The van der Waals surface area contributed by atoms with Crippen molar-refractivity contribution in [3.05, 3.63) is 32.9 Å². The number of ether oxygens (including phenoxy) is 2. The Morgan fingerprint density at radius 2 is 2.28 bits per heavy atom. The third-order valence-electron chi connectivity index (χ3n) is 4.54. The zero-order chi connectivity index (χ0) is 20.8. The summed E-state index contributed by atoms with van der Waals surface area (Å²) < 4.78 is 12.6. The Balaban J connectivity index is 1.60. The van der Waals surface area contributed by atoms with Gasteiger partial charge in [0.25, 0.3) is 0 Å². The van der Waals surface area contributed by atoms with Crippen molar-refractivity contribution in [3.8, 4) is 11.9 Å². The summed E-state index contributed by atoms with van der Waals surface area (Å²) in [7, 11) is 0. The van der Waals surface area contributed by atoms with Crippen LogP contribution in [0.4, 0.5) is 11.5 Å². The third-order valence-corrected chi connectivity index (χ3v) is 4.72. The van der Waals surface area contributed by atoms with E-state index in [9.17, 15) is 10.1 Å². The molecule has 0 aliphatic carbocycles. The molecule has 0 unspecified atom stereocenters. The highest BCUT2D eigenvalue weighted by atomic mass is 35.5. The fourth-order valence-electron chi connectivity index (χ4n) is 3.10. The molecule has 0 aromatic carbocycles. The molecule has 0 atom stereocenters. The summed E-state index contributed by atoms with van der Waals surface area (Å²) in [5, 5.41) is 27.9.